The second-order valence-electron chi connectivity index (χ2n) is 4.70. The highest BCUT2D eigenvalue weighted by molar-refractivity contribution is 7.99. The standard InChI is InChI=1S/C16H18N2OS/c1-18(2)11-12-20-16-14(9-6-10-17-16)15(19)13-7-4-3-5-8-13/h3-10H,11-12H2,1-2H3. The Bertz CT molecular complexity index is 570. The van der Waals surface area contributed by atoms with Gasteiger partial charge in [0.05, 0.1) is 5.56 Å². The largest absolute Gasteiger partial charge is 0.309 e. The Labute approximate surface area is 124 Å². The van der Waals surface area contributed by atoms with E-state index in [4.69, 9.17) is 0 Å². The molecule has 0 bridgehead atoms. The molecule has 1 aromatic carbocycles. The third-order valence-electron chi connectivity index (χ3n) is 2.83. The van der Waals surface area contributed by atoms with E-state index in [2.05, 4.69) is 9.88 Å². The summed E-state index contributed by atoms with van der Waals surface area (Å²) >= 11 is 1.62. The van der Waals surface area contributed by atoms with Gasteiger partial charge >= 0.3 is 0 Å². The Hall–Kier alpha value is -1.65. The molecule has 0 amide bonds. The lowest BCUT2D eigenvalue weighted by atomic mass is 10.1. The van der Waals surface area contributed by atoms with E-state index in [1.807, 2.05) is 56.6 Å². The molecular formula is C16H18N2OS. The number of thioether (sulfide) groups is 1. The molecular weight excluding hydrogens is 268 g/mol. The van der Waals surface area contributed by atoms with Crippen molar-refractivity contribution in [3.8, 4) is 0 Å². The van der Waals surface area contributed by atoms with Crippen LogP contribution in [0.1, 0.15) is 15.9 Å². The monoisotopic (exact) mass is 286 g/mol. The third-order valence-corrected chi connectivity index (χ3v) is 3.81. The first-order chi connectivity index (χ1) is 9.68. The Kier molecular flexibility index (Phi) is 5.32. The van der Waals surface area contributed by atoms with E-state index in [-0.39, 0.29) is 5.78 Å². The fourth-order valence-corrected chi connectivity index (χ4v) is 2.85. The van der Waals surface area contributed by atoms with Gasteiger partial charge in [-0.3, -0.25) is 4.79 Å². The van der Waals surface area contributed by atoms with E-state index < -0.39 is 0 Å². The van der Waals surface area contributed by atoms with Crippen molar-refractivity contribution >= 4 is 17.5 Å². The zero-order valence-corrected chi connectivity index (χ0v) is 12.6. The van der Waals surface area contributed by atoms with Crippen LogP contribution in [-0.4, -0.2) is 42.1 Å². The van der Waals surface area contributed by atoms with Gasteiger partial charge in [0.15, 0.2) is 5.78 Å². The Balaban J connectivity index is 2.17. The molecule has 4 heteroatoms. The number of carbonyl (C=O) groups excluding carboxylic acids is 1. The van der Waals surface area contributed by atoms with Gasteiger partial charge in [0, 0.05) is 24.1 Å². The summed E-state index contributed by atoms with van der Waals surface area (Å²) in [6, 6.07) is 13.0. The molecule has 0 aliphatic heterocycles. The second kappa shape index (κ2) is 7.22. The molecule has 0 unspecified atom stereocenters. The van der Waals surface area contributed by atoms with Gasteiger partial charge in [0.1, 0.15) is 5.03 Å². The number of rotatable bonds is 6. The molecule has 1 aromatic heterocycles. The minimum atomic E-state index is 0.0334. The molecule has 0 saturated carbocycles. The molecule has 20 heavy (non-hydrogen) atoms. The fraction of sp³-hybridized carbons (Fsp3) is 0.250. The maximum atomic E-state index is 12.5. The van der Waals surface area contributed by atoms with E-state index in [1.54, 1.807) is 18.0 Å². The Morgan fingerprint density at radius 2 is 1.90 bits per heavy atom. The first-order valence-corrected chi connectivity index (χ1v) is 7.49. The van der Waals surface area contributed by atoms with Crippen LogP contribution in [0, 0.1) is 0 Å². The molecule has 0 fully saturated rings. The van der Waals surface area contributed by atoms with Gasteiger partial charge in [-0.2, -0.15) is 0 Å². The highest BCUT2D eigenvalue weighted by atomic mass is 32.2. The predicted molar refractivity (Wildman–Crippen MR) is 83.4 cm³/mol. The summed E-state index contributed by atoms with van der Waals surface area (Å²) in [5.41, 5.74) is 1.39. The first-order valence-electron chi connectivity index (χ1n) is 6.51. The zero-order valence-electron chi connectivity index (χ0n) is 11.7. The van der Waals surface area contributed by atoms with Crippen LogP contribution < -0.4 is 0 Å². The van der Waals surface area contributed by atoms with E-state index in [0.29, 0.717) is 11.1 Å². The second-order valence-corrected chi connectivity index (χ2v) is 5.79. The van der Waals surface area contributed by atoms with Crippen LogP contribution in [-0.2, 0) is 0 Å². The van der Waals surface area contributed by atoms with Gasteiger partial charge in [0.2, 0.25) is 0 Å². The number of benzene rings is 1. The lowest BCUT2D eigenvalue weighted by Crippen LogP contribution is -2.15. The van der Waals surface area contributed by atoms with Crippen LogP contribution >= 0.6 is 11.8 Å². The number of ketones is 1. The molecule has 1 heterocycles. The van der Waals surface area contributed by atoms with Crippen molar-refractivity contribution < 1.29 is 4.79 Å². The van der Waals surface area contributed by atoms with E-state index in [9.17, 15) is 4.79 Å². The van der Waals surface area contributed by atoms with Crippen molar-refractivity contribution in [3.63, 3.8) is 0 Å². The number of pyridine rings is 1. The van der Waals surface area contributed by atoms with Gasteiger partial charge in [-0.25, -0.2) is 4.98 Å². The van der Waals surface area contributed by atoms with Crippen molar-refractivity contribution in [2.75, 3.05) is 26.4 Å². The van der Waals surface area contributed by atoms with Crippen LogP contribution in [0.25, 0.3) is 0 Å². The van der Waals surface area contributed by atoms with Crippen molar-refractivity contribution in [1.82, 2.24) is 9.88 Å². The quantitative estimate of drug-likeness (QED) is 0.604. The van der Waals surface area contributed by atoms with Crippen molar-refractivity contribution in [2.24, 2.45) is 0 Å². The van der Waals surface area contributed by atoms with Crippen LogP contribution in [0.3, 0.4) is 0 Å². The molecule has 3 nitrogen and oxygen atoms in total. The van der Waals surface area contributed by atoms with Crippen LogP contribution in [0.5, 0.6) is 0 Å². The molecule has 0 saturated heterocycles. The van der Waals surface area contributed by atoms with Crippen molar-refractivity contribution in [2.45, 2.75) is 5.03 Å². The Morgan fingerprint density at radius 1 is 1.15 bits per heavy atom. The van der Waals surface area contributed by atoms with Gasteiger partial charge in [-0.1, -0.05) is 30.3 Å². The van der Waals surface area contributed by atoms with E-state index >= 15 is 0 Å². The molecule has 0 spiro atoms. The number of aromatic nitrogens is 1. The topological polar surface area (TPSA) is 33.2 Å². The fourth-order valence-electron chi connectivity index (χ4n) is 1.75. The van der Waals surface area contributed by atoms with Crippen molar-refractivity contribution in [3.05, 3.63) is 59.8 Å². The summed E-state index contributed by atoms with van der Waals surface area (Å²) in [4.78, 5) is 19.0. The predicted octanol–water partition coefficient (Wildman–Crippen LogP) is 2.97. The summed E-state index contributed by atoms with van der Waals surface area (Å²) in [5, 5.41) is 0.809. The lowest BCUT2D eigenvalue weighted by molar-refractivity contribution is 0.103. The summed E-state index contributed by atoms with van der Waals surface area (Å²) in [6.45, 7) is 0.959. The van der Waals surface area contributed by atoms with Gasteiger partial charge in [0.25, 0.3) is 0 Å². The molecule has 104 valence electrons. The number of nitrogens with zero attached hydrogens (tertiary/aromatic N) is 2. The summed E-state index contributed by atoms with van der Waals surface area (Å²) in [7, 11) is 4.07. The third kappa shape index (κ3) is 3.92. The lowest BCUT2D eigenvalue weighted by Gasteiger charge is -2.10. The normalized spacial score (nSPS) is 10.8. The van der Waals surface area contributed by atoms with E-state index in [1.165, 1.54) is 0 Å². The average molecular weight is 286 g/mol. The summed E-state index contributed by atoms with van der Waals surface area (Å²) in [6.07, 6.45) is 1.74. The number of hydrogen-bond donors (Lipinski definition) is 0. The molecule has 0 atom stereocenters. The van der Waals surface area contributed by atoms with Gasteiger partial charge in [-0.05, 0) is 26.2 Å². The molecule has 0 aliphatic rings. The molecule has 0 aliphatic carbocycles. The minimum Gasteiger partial charge on any atom is -0.309 e. The maximum Gasteiger partial charge on any atom is 0.195 e. The SMILES string of the molecule is CN(C)CCSc1ncccc1C(=O)c1ccccc1. The first kappa shape index (κ1) is 14.8. The van der Waals surface area contributed by atoms with Crippen LogP contribution in [0.4, 0.5) is 0 Å². The molecule has 0 N–H and O–H groups in total. The van der Waals surface area contributed by atoms with Gasteiger partial charge in [-0.15, -0.1) is 11.8 Å². The molecule has 2 rings (SSSR count). The van der Waals surface area contributed by atoms with Crippen LogP contribution in [0.15, 0.2) is 53.7 Å². The van der Waals surface area contributed by atoms with Crippen molar-refractivity contribution in [1.29, 1.82) is 0 Å². The smallest absolute Gasteiger partial charge is 0.195 e. The molecule has 0 radical (unpaired) electrons. The molecule has 2 aromatic rings. The highest BCUT2D eigenvalue weighted by Gasteiger charge is 2.14. The highest BCUT2D eigenvalue weighted by Crippen LogP contribution is 2.22. The number of hydrogen-bond acceptors (Lipinski definition) is 4. The Morgan fingerprint density at radius 3 is 2.60 bits per heavy atom. The average Bonchev–Trinajstić information content (AvgIpc) is 2.47. The minimum absolute atomic E-state index is 0.0334. The number of carbonyl (C=O) groups is 1. The summed E-state index contributed by atoms with van der Waals surface area (Å²) in [5.74, 6) is 0.949. The van der Waals surface area contributed by atoms with Gasteiger partial charge < -0.3 is 4.90 Å². The zero-order chi connectivity index (χ0) is 14.4. The summed E-state index contributed by atoms with van der Waals surface area (Å²) < 4.78 is 0. The van der Waals surface area contributed by atoms with Crippen LogP contribution in [0.2, 0.25) is 0 Å². The maximum absolute atomic E-state index is 12.5. The van der Waals surface area contributed by atoms with E-state index in [0.717, 1.165) is 17.3 Å².